The van der Waals surface area contributed by atoms with Crippen LogP contribution in [0.2, 0.25) is 0 Å². The second-order valence-electron chi connectivity index (χ2n) is 9.61. The highest BCUT2D eigenvalue weighted by Crippen LogP contribution is 2.09. The summed E-state index contributed by atoms with van der Waals surface area (Å²) in [6.07, 6.45) is 1.01. The number of amides is 4. The number of ether oxygens (including phenoxy) is 2. The van der Waals surface area contributed by atoms with Gasteiger partial charge in [-0.3, -0.25) is 19.2 Å². The number of primary amides is 1. The minimum Gasteiger partial charge on any atom is -0.481 e. The van der Waals surface area contributed by atoms with Crippen LogP contribution in [0.25, 0.3) is 0 Å². The number of nitrogens with two attached hydrogens (primary N) is 1. The predicted octanol–water partition coefficient (Wildman–Crippen LogP) is 1.55. The Kier molecular flexibility index (Phi) is 15.9. The molecule has 0 saturated carbocycles. The molecule has 1 aromatic rings. The summed E-state index contributed by atoms with van der Waals surface area (Å²) in [6, 6.07) is 5.72. The second-order valence-corrected chi connectivity index (χ2v) is 9.61. The molecule has 0 bridgehead atoms. The summed E-state index contributed by atoms with van der Waals surface area (Å²) in [5, 5.41) is 16.8. The van der Waals surface area contributed by atoms with Crippen LogP contribution in [-0.2, 0) is 40.1 Å². The Morgan fingerprint density at radius 3 is 2.15 bits per heavy atom. The van der Waals surface area contributed by atoms with Gasteiger partial charge in [0, 0.05) is 25.0 Å². The highest BCUT2D eigenvalue weighted by atomic mass is 16.5. The Hall–Kier alpha value is -4.42. The van der Waals surface area contributed by atoms with Gasteiger partial charge in [-0.25, -0.2) is 9.59 Å². The van der Waals surface area contributed by atoms with E-state index in [-0.39, 0.29) is 44.8 Å². The van der Waals surface area contributed by atoms with Gasteiger partial charge in [-0.2, -0.15) is 0 Å². The van der Waals surface area contributed by atoms with Crippen molar-refractivity contribution in [3.63, 3.8) is 0 Å². The van der Waals surface area contributed by atoms with E-state index in [9.17, 15) is 28.8 Å². The van der Waals surface area contributed by atoms with Crippen molar-refractivity contribution in [3.8, 4) is 0 Å². The Labute approximate surface area is 239 Å². The smallest absolute Gasteiger partial charge is 0.408 e. The molecule has 13 nitrogen and oxygen atoms in total. The van der Waals surface area contributed by atoms with E-state index in [1.807, 2.05) is 19.9 Å². The Morgan fingerprint density at radius 1 is 0.902 bits per heavy atom. The summed E-state index contributed by atoms with van der Waals surface area (Å²) < 4.78 is 10.0. The molecule has 3 atom stereocenters. The third kappa shape index (κ3) is 15.7. The molecule has 1 rings (SSSR count). The standard InChI is InChI=1S/C28H40N4O9/c1-4-40-25(36)15-11-20(10-13-23(29)33)30-26(37)21(12-14-24(34)35)31-27(38)22(16-18(2)3)32-28(39)41-17-19-8-6-5-7-9-19/h5-9,11,15,18,20-22H,4,10,12-14,16-17H2,1-3H3,(H2,29,33)(H,30,37)(H,31,38)(H,32,39)(H,34,35)/b15-11+/t20-,21-,22-/m0/s1. The normalized spacial score (nSPS) is 13.1. The number of carboxylic acids is 1. The lowest BCUT2D eigenvalue weighted by atomic mass is 10.0. The fraction of sp³-hybridized carbons (Fsp3) is 0.500. The van der Waals surface area contributed by atoms with Gasteiger partial charge in [-0.05, 0) is 37.7 Å². The largest absolute Gasteiger partial charge is 0.481 e. The van der Waals surface area contributed by atoms with Crippen LogP contribution in [-0.4, -0.2) is 65.6 Å². The van der Waals surface area contributed by atoms with Crippen LogP contribution in [0.4, 0.5) is 4.79 Å². The molecule has 0 fully saturated rings. The maximum absolute atomic E-state index is 13.2. The van der Waals surface area contributed by atoms with Crippen LogP contribution in [0.15, 0.2) is 42.5 Å². The number of rotatable bonds is 18. The van der Waals surface area contributed by atoms with E-state index in [0.29, 0.717) is 0 Å². The van der Waals surface area contributed by atoms with Gasteiger partial charge in [0.25, 0.3) is 0 Å². The van der Waals surface area contributed by atoms with Crippen LogP contribution in [0.1, 0.15) is 58.4 Å². The minimum atomic E-state index is -1.30. The maximum Gasteiger partial charge on any atom is 0.408 e. The Morgan fingerprint density at radius 2 is 1.56 bits per heavy atom. The third-order valence-corrected chi connectivity index (χ3v) is 5.59. The number of alkyl carbamates (subject to hydrolysis) is 1. The van der Waals surface area contributed by atoms with Crippen molar-refractivity contribution < 1.29 is 43.3 Å². The van der Waals surface area contributed by atoms with E-state index in [4.69, 9.17) is 20.3 Å². The predicted molar refractivity (Wildman–Crippen MR) is 148 cm³/mol. The molecule has 41 heavy (non-hydrogen) atoms. The van der Waals surface area contributed by atoms with Crippen molar-refractivity contribution in [1.82, 2.24) is 16.0 Å². The zero-order chi connectivity index (χ0) is 30.8. The number of carboxylic acid groups (broad SMARTS) is 1. The minimum absolute atomic E-state index is 0.0155. The molecule has 0 radical (unpaired) electrons. The molecule has 0 aromatic heterocycles. The first kappa shape index (κ1) is 34.6. The van der Waals surface area contributed by atoms with Gasteiger partial charge in [0.05, 0.1) is 6.61 Å². The van der Waals surface area contributed by atoms with Gasteiger partial charge in [0.2, 0.25) is 17.7 Å². The quantitative estimate of drug-likeness (QED) is 0.127. The summed E-state index contributed by atoms with van der Waals surface area (Å²) in [4.78, 5) is 73.0. The van der Waals surface area contributed by atoms with Crippen molar-refractivity contribution in [2.45, 2.75) is 77.6 Å². The van der Waals surface area contributed by atoms with E-state index in [1.165, 1.54) is 6.08 Å². The van der Waals surface area contributed by atoms with Gasteiger partial charge in [-0.15, -0.1) is 0 Å². The molecular formula is C28H40N4O9. The molecule has 0 spiro atoms. The molecule has 13 heteroatoms. The van der Waals surface area contributed by atoms with Crippen molar-refractivity contribution >= 4 is 35.8 Å². The number of hydrogen-bond acceptors (Lipinski definition) is 8. The molecular weight excluding hydrogens is 536 g/mol. The molecule has 6 N–H and O–H groups in total. The molecule has 4 amide bonds. The first-order valence-corrected chi connectivity index (χ1v) is 13.3. The topological polar surface area (TPSA) is 203 Å². The van der Waals surface area contributed by atoms with Gasteiger partial charge >= 0.3 is 18.0 Å². The summed E-state index contributed by atoms with van der Waals surface area (Å²) >= 11 is 0. The zero-order valence-electron chi connectivity index (χ0n) is 23.6. The number of esters is 1. The van der Waals surface area contributed by atoms with Crippen LogP contribution in [0.5, 0.6) is 0 Å². The summed E-state index contributed by atoms with van der Waals surface area (Å²) in [6.45, 7) is 5.42. The van der Waals surface area contributed by atoms with E-state index < -0.39 is 60.3 Å². The van der Waals surface area contributed by atoms with Gasteiger partial charge in [0.15, 0.2) is 0 Å². The maximum atomic E-state index is 13.2. The molecule has 1 aromatic carbocycles. The van der Waals surface area contributed by atoms with Gasteiger partial charge < -0.3 is 36.3 Å². The van der Waals surface area contributed by atoms with Gasteiger partial charge in [0.1, 0.15) is 18.7 Å². The Balaban J connectivity index is 3.01. The van der Waals surface area contributed by atoms with Crippen molar-refractivity contribution in [1.29, 1.82) is 0 Å². The first-order valence-electron chi connectivity index (χ1n) is 13.3. The van der Waals surface area contributed by atoms with Crippen LogP contribution in [0, 0.1) is 5.92 Å². The highest BCUT2D eigenvalue weighted by Gasteiger charge is 2.29. The zero-order valence-corrected chi connectivity index (χ0v) is 23.6. The van der Waals surface area contributed by atoms with Crippen molar-refractivity contribution in [2.24, 2.45) is 11.7 Å². The number of carbonyl (C=O) groups is 6. The van der Waals surface area contributed by atoms with E-state index >= 15 is 0 Å². The molecule has 0 aliphatic carbocycles. The molecule has 0 heterocycles. The fourth-order valence-corrected chi connectivity index (χ4v) is 3.60. The molecule has 0 aliphatic rings. The first-order chi connectivity index (χ1) is 19.4. The summed E-state index contributed by atoms with van der Waals surface area (Å²) in [7, 11) is 0. The average molecular weight is 577 g/mol. The molecule has 0 aliphatic heterocycles. The van der Waals surface area contributed by atoms with Crippen LogP contribution >= 0.6 is 0 Å². The monoisotopic (exact) mass is 576 g/mol. The van der Waals surface area contributed by atoms with Crippen molar-refractivity contribution in [2.75, 3.05) is 6.61 Å². The lowest BCUT2D eigenvalue weighted by Crippen LogP contribution is -2.55. The third-order valence-electron chi connectivity index (χ3n) is 5.59. The summed E-state index contributed by atoms with van der Waals surface area (Å²) in [5.41, 5.74) is 5.97. The van der Waals surface area contributed by atoms with E-state index in [2.05, 4.69) is 16.0 Å². The summed E-state index contributed by atoms with van der Waals surface area (Å²) in [5.74, 6) is -3.98. The number of hydrogen-bond donors (Lipinski definition) is 5. The van der Waals surface area contributed by atoms with Gasteiger partial charge in [-0.1, -0.05) is 50.3 Å². The van der Waals surface area contributed by atoms with Crippen LogP contribution in [0.3, 0.4) is 0 Å². The molecule has 0 unspecified atom stereocenters. The Bertz CT molecular complexity index is 1060. The van der Waals surface area contributed by atoms with E-state index in [1.54, 1.807) is 31.2 Å². The number of aliphatic carboxylic acids is 1. The number of nitrogens with one attached hydrogen (secondary N) is 3. The molecule has 226 valence electrons. The number of benzene rings is 1. The fourth-order valence-electron chi connectivity index (χ4n) is 3.60. The van der Waals surface area contributed by atoms with Crippen molar-refractivity contribution in [3.05, 3.63) is 48.0 Å². The second kappa shape index (κ2) is 18.8. The SMILES string of the molecule is CCOC(=O)/C=C/[C@H](CCC(N)=O)NC(=O)[C@H](CCC(=O)O)NC(=O)[C@H](CC(C)C)NC(=O)OCc1ccccc1. The van der Waals surface area contributed by atoms with E-state index in [0.717, 1.165) is 11.6 Å². The average Bonchev–Trinajstić information content (AvgIpc) is 2.91. The lowest BCUT2D eigenvalue weighted by molar-refractivity contribution is -0.138. The molecule has 0 saturated heterocycles. The van der Waals surface area contributed by atoms with Crippen LogP contribution < -0.4 is 21.7 Å². The lowest BCUT2D eigenvalue weighted by Gasteiger charge is -2.25. The number of carbonyl (C=O) groups excluding carboxylic acids is 5. The highest BCUT2D eigenvalue weighted by molar-refractivity contribution is 5.92.